The van der Waals surface area contributed by atoms with Crippen molar-refractivity contribution < 1.29 is 9.72 Å². The summed E-state index contributed by atoms with van der Waals surface area (Å²) in [6.07, 6.45) is 0. The van der Waals surface area contributed by atoms with Crippen LogP contribution in [-0.2, 0) is 11.3 Å². The molecule has 21 heavy (non-hydrogen) atoms. The number of rotatable bonds is 8. The lowest BCUT2D eigenvalue weighted by molar-refractivity contribution is -0.384. The highest BCUT2D eigenvalue weighted by Gasteiger charge is 2.18. The second-order valence-corrected chi connectivity index (χ2v) is 4.47. The molecule has 0 bridgehead atoms. The summed E-state index contributed by atoms with van der Waals surface area (Å²) in [5.41, 5.74) is 3.26. The fourth-order valence-corrected chi connectivity index (χ4v) is 2.01. The first kappa shape index (κ1) is 16.9. The molecule has 0 atom stereocenters. The Bertz CT molecular complexity index is 507. The van der Waals surface area contributed by atoms with Gasteiger partial charge in [0.2, 0.25) is 5.91 Å². The van der Waals surface area contributed by atoms with Gasteiger partial charge in [0.15, 0.2) is 0 Å². The van der Waals surface area contributed by atoms with Gasteiger partial charge in [-0.3, -0.25) is 25.7 Å². The van der Waals surface area contributed by atoms with Crippen LogP contribution in [0.4, 0.5) is 11.4 Å². The third kappa shape index (κ3) is 4.69. The van der Waals surface area contributed by atoms with E-state index < -0.39 is 4.92 Å². The molecule has 0 fully saturated rings. The van der Waals surface area contributed by atoms with Crippen LogP contribution in [0.25, 0.3) is 0 Å². The first-order chi connectivity index (χ1) is 10.0. The van der Waals surface area contributed by atoms with Crippen molar-refractivity contribution in [1.29, 1.82) is 0 Å². The molecule has 8 heteroatoms. The van der Waals surface area contributed by atoms with Crippen LogP contribution in [0.3, 0.4) is 0 Å². The Labute approximate surface area is 123 Å². The number of nitrogens with two attached hydrogens (primary N) is 1. The van der Waals surface area contributed by atoms with E-state index in [9.17, 15) is 14.9 Å². The first-order valence-corrected chi connectivity index (χ1v) is 6.75. The topological polar surface area (TPSA) is 114 Å². The monoisotopic (exact) mass is 295 g/mol. The maximum Gasteiger partial charge on any atom is 0.293 e. The Balaban J connectivity index is 2.92. The fourth-order valence-electron chi connectivity index (χ4n) is 2.01. The van der Waals surface area contributed by atoms with Crippen LogP contribution in [0, 0.1) is 10.1 Å². The minimum absolute atomic E-state index is 0.0768. The number of nitrogen functional groups attached to an aromatic ring is 1. The maximum atomic E-state index is 11.6. The molecule has 0 aliphatic carbocycles. The van der Waals surface area contributed by atoms with Crippen molar-refractivity contribution in [2.45, 2.75) is 20.4 Å². The van der Waals surface area contributed by atoms with Crippen LogP contribution in [0.1, 0.15) is 19.4 Å². The number of amides is 1. The predicted octanol–water partition coefficient (Wildman–Crippen LogP) is 0.838. The number of benzene rings is 1. The third-order valence-electron chi connectivity index (χ3n) is 3.05. The lowest BCUT2D eigenvalue weighted by Crippen LogP contribution is -2.36. The van der Waals surface area contributed by atoms with Crippen molar-refractivity contribution in [1.82, 2.24) is 10.2 Å². The van der Waals surface area contributed by atoms with Crippen LogP contribution in [-0.4, -0.2) is 35.4 Å². The summed E-state index contributed by atoms with van der Waals surface area (Å²) in [6.45, 7) is 5.62. The van der Waals surface area contributed by atoms with Crippen LogP contribution in [0.2, 0.25) is 0 Å². The zero-order valence-electron chi connectivity index (χ0n) is 12.3. The van der Waals surface area contributed by atoms with Crippen LogP contribution in [0.15, 0.2) is 18.2 Å². The number of nitrogens with zero attached hydrogens (tertiary/aromatic N) is 2. The number of likely N-dealkylation sites (N-methyl/N-ethyl adjacent to an activating group) is 2. The van der Waals surface area contributed by atoms with E-state index in [4.69, 9.17) is 5.84 Å². The number of nitro groups is 1. The molecule has 0 unspecified atom stereocenters. The quantitative estimate of drug-likeness (QED) is 0.372. The number of hydrazine groups is 1. The molecule has 0 radical (unpaired) electrons. The van der Waals surface area contributed by atoms with Crippen LogP contribution >= 0.6 is 0 Å². The van der Waals surface area contributed by atoms with Crippen molar-refractivity contribution in [3.8, 4) is 0 Å². The average molecular weight is 295 g/mol. The Kier molecular flexibility index (Phi) is 6.57. The van der Waals surface area contributed by atoms with E-state index in [0.717, 1.165) is 0 Å². The number of carbonyl (C=O) groups excluding carboxylic acids is 1. The first-order valence-electron chi connectivity index (χ1n) is 6.75. The third-order valence-corrected chi connectivity index (χ3v) is 3.05. The highest BCUT2D eigenvalue weighted by molar-refractivity contribution is 5.78. The van der Waals surface area contributed by atoms with E-state index in [1.807, 2.05) is 18.7 Å². The smallest absolute Gasteiger partial charge is 0.293 e. The van der Waals surface area contributed by atoms with Gasteiger partial charge in [0.1, 0.15) is 5.69 Å². The lowest BCUT2D eigenvalue weighted by Gasteiger charge is -2.21. The van der Waals surface area contributed by atoms with E-state index in [1.165, 1.54) is 6.07 Å². The van der Waals surface area contributed by atoms with Gasteiger partial charge in [-0.25, -0.2) is 0 Å². The molecule has 0 spiro atoms. The summed E-state index contributed by atoms with van der Waals surface area (Å²) >= 11 is 0. The number of hydrogen-bond donors (Lipinski definition) is 3. The van der Waals surface area contributed by atoms with Gasteiger partial charge in [-0.05, 0) is 19.0 Å². The number of para-hydroxylation sites is 1. The Hall–Kier alpha value is -2.19. The largest absolute Gasteiger partial charge is 0.355 e. The van der Waals surface area contributed by atoms with Gasteiger partial charge in [0.25, 0.3) is 5.69 Å². The number of nitro benzene ring substituents is 1. The Morgan fingerprint density at radius 2 is 2.14 bits per heavy atom. The van der Waals surface area contributed by atoms with Gasteiger partial charge in [-0.15, -0.1) is 0 Å². The summed E-state index contributed by atoms with van der Waals surface area (Å²) in [5, 5.41) is 13.7. The second-order valence-electron chi connectivity index (χ2n) is 4.47. The molecule has 1 aromatic carbocycles. The number of anilines is 1. The molecule has 0 heterocycles. The molecule has 116 valence electrons. The molecular weight excluding hydrogens is 274 g/mol. The van der Waals surface area contributed by atoms with Crippen molar-refractivity contribution in [3.05, 3.63) is 33.9 Å². The molecule has 4 N–H and O–H groups in total. The normalized spacial score (nSPS) is 10.5. The van der Waals surface area contributed by atoms with E-state index in [2.05, 4.69) is 10.7 Å². The molecule has 1 amide bonds. The number of carbonyl (C=O) groups is 1. The molecule has 0 aliphatic heterocycles. The average Bonchev–Trinajstić information content (AvgIpc) is 2.46. The second kappa shape index (κ2) is 8.18. The van der Waals surface area contributed by atoms with E-state index >= 15 is 0 Å². The van der Waals surface area contributed by atoms with Gasteiger partial charge in [-0.1, -0.05) is 19.1 Å². The zero-order valence-corrected chi connectivity index (χ0v) is 12.3. The van der Waals surface area contributed by atoms with Gasteiger partial charge < -0.3 is 10.7 Å². The van der Waals surface area contributed by atoms with Gasteiger partial charge in [0, 0.05) is 19.2 Å². The minimum Gasteiger partial charge on any atom is -0.355 e. The SMILES string of the molecule is CCNC(=O)CN(CC)Cc1cccc([N+](=O)[O-])c1NN. The minimum atomic E-state index is -0.487. The summed E-state index contributed by atoms with van der Waals surface area (Å²) < 4.78 is 0. The molecule has 8 nitrogen and oxygen atoms in total. The molecule has 1 rings (SSSR count). The molecule has 1 aromatic rings. The van der Waals surface area contributed by atoms with Crippen molar-refractivity contribution in [3.63, 3.8) is 0 Å². The molecule has 0 saturated heterocycles. The molecule has 0 aromatic heterocycles. The molecule has 0 saturated carbocycles. The molecule has 0 aliphatic rings. The highest BCUT2D eigenvalue weighted by atomic mass is 16.6. The van der Waals surface area contributed by atoms with Gasteiger partial charge in [0.05, 0.1) is 11.5 Å². The zero-order chi connectivity index (χ0) is 15.8. The van der Waals surface area contributed by atoms with Gasteiger partial charge >= 0.3 is 0 Å². The summed E-state index contributed by atoms with van der Waals surface area (Å²) in [7, 11) is 0. The maximum absolute atomic E-state index is 11.6. The highest BCUT2D eigenvalue weighted by Crippen LogP contribution is 2.28. The predicted molar refractivity (Wildman–Crippen MR) is 80.5 cm³/mol. The van der Waals surface area contributed by atoms with E-state index in [0.29, 0.717) is 25.2 Å². The Morgan fingerprint density at radius 3 is 2.67 bits per heavy atom. The van der Waals surface area contributed by atoms with E-state index in [-0.39, 0.29) is 23.8 Å². The van der Waals surface area contributed by atoms with Crippen molar-refractivity contribution >= 4 is 17.3 Å². The van der Waals surface area contributed by atoms with Crippen molar-refractivity contribution in [2.75, 3.05) is 25.1 Å². The summed E-state index contributed by atoms with van der Waals surface area (Å²) in [5.74, 6) is 5.33. The standard InChI is InChI=1S/C13H21N5O3/c1-3-15-12(19)9-17(4-2)8-10-6-5-7-11(18(20)21)13(10)16-14/h5-7,16H,3-4,8-9,14H2,1-2H3,(H,15,19). The van der Waals surface area contributed by atoms with Crippen LogP contribution < -0.4 is 16.6 Å². The van der Waals surface area contributed by atoms with Crippen molar-refractivity contribution in [2.24, 2.45) is 5.84 Å². The van der Waals surface area contributed by atoms with E-state index in [1.54, 1.807) is 12.1 Å². The Morgan fingerprint density at radius 1 is 1.43 bits per heavy atom. The van der Waals surface area contributed by atoms with Gasteiger partial charge in [-0.2, -0.15) is 0 Å². The number of hydrogen-bond acceptors (Lipinski definition) is 6. The lowest BCUT2D eigenvalue weighted by atomic mass is 10.1. The number of nitrogens with one attached hydrogen (secondary N) is 2. The summed E-state index contributed by atoms with van der Waals surface area (Å²) in [6, 6.07) is 4.75. The fraction of sp³-hybridized carbons (Fsp3) is 0.462. The molecular formula is C13H21N5O3. The van der Waals surface area contributed by atoms with Crippen LogP contribution in [0.5, 0.6) is 0 Å². The summed E-state index contributed by atoms with van der Waals surface area (Å²) in [4.78, 5) is 24.0.